The van der Waals surface area contributed by atoms with E-state index in [1.165, 1.54) is 122 Å². The maximum absolute atomic E-state index is 8.78. The Morgan fingerprint density at radius 2 is 0.735 bits per heavy atom. The average Bonchev–Trinajstić information content (AvgIpc) is 2.90. The third-order valence-electron chi connectivity index (χ3n) is 5.79. The molecule has 0 fully saturated rings. The second kappa shape index (κ2) is 53.7. The van der Waals surface area contributed by atoms with Gasteiger partial charge in [0.2, 0.25) is 0 Å². The number of nitriles is 1. The third-order valence-corrected chi connectivity index (χ3v) is 5.79. The lowest BCUT2D eigenvalue weighted by molar-refractivity contribution is 0.399. The lowest BCUT2D eigenvalue weighted by atomic mass is 9.99. The Kier molecular flexibility index (Phi) is 68.7. The highest BCUT2D eigenvalue weighted by Gasteiger charge is 2.02. The Labute approximate surface area is 219 Å². The molecule has 0 heterocycles. The van der Waals surface area contributed by atoms with Gasteiger partial charge in [0.1, 0.15) is 0 Å². The van der Waals surface area contributed by atoms with Gasteiger partial charge in [0.05, 0.1) is 6.07 Å². The monoisotopic (exact) mass is 486 g/mol. The van der Waals surface area contributed by atoms with Crippen molar-refractivity contribution in [1.29, 1.82) is 5.26 Å². The highest BCUT2D eigenvalue weighted by Crippen LogP contribution is 2.14. The fourth-order valence-corrected chi connectivity index (χ4v) is 3.27. The van der Waals surface area contributed by atoms with Crippen molar-refractivity contribution < 1.29 is 5.11 Å². The number of unbranched alkanes of at least 4 members (excludes halogenated alkanes) is 16. The molecule has 0 aliphatic carbocycles. The van der Waals surface area contributed by atoms with Gasteiger partial charge in [-0.15, -0.1) is 0 Å². The van der Waals surface area contributed by atoms with E-state index in [1.54, 1.807) is 0 Å². The molecule has 2 nitrogen and oxygen atoms in total. The first kappa shape index (κ1) is 43.5. The summed E-state index contributed by atoms with van der Waals surface area (Å²) in [6.45, 7) is 17.3. The van der Waals surface area contributed by atoms with E-state index in [1.807, 2.05) is 13.8 Å². The van der Waals surface area contributed by atoms with E-state index in [-0.39, 0.29) is 0 Å². The van der Waals surface area contributed by atoms with Gasteiger partial charge >= 0.3 is 0 Å². The Balaban J connectivity index is -0.000000129. The minimum Gasteiger partial charge on any atom is -0.400 e. The molecule has 0 saturated heterocycles. The smallest absolute Gasteiger partial charge is 0.0655 e. The third kappa shape index (κ3) is 57.9. The predicted octanol–water partition coefficient (Wildman–Crippen LogP) is 12.0. The van der Waals surface area contributed by atoms with Crippen LogP contribution in [0.3, 0.4) is 0 Å². The quantitative estimate of drug-likeness (QED) is 0.185. The van der Waals surface area contributed by atoms with Crippen LogP contribution in [0.15, 0.2) is 0 Å². The molecular weight excluding hydrogens is 414 g/mol. The molecule has 210 valence electrons. The van der Waals surface area contributed by atoms with Crippen LogP contribution in [0.2, 0.25) is 0 Å². The molecule has 0 bridgehead atoms. The Morgan fingerprint density at radius 1 is 0.471 bits per heavy atom. The molecule has 1 atom stereocenters. The van der Waals surface area contributed by atoms with E-state index in [0.29, 0.717) is 5.92 Å². The first-order valence-electron chi connectivity index (χ1n) is 15.5. The Morgan fingerprint density at radius 3 is 0.941 bits per heavy atom. The lowest BCUT2D eigenvalue weighted by Crippen LogP contribution is -1.94. The van der Waals surface area contributed by atoms with Crippen LogP contribution in [0.4, 0.5) is 0 Å². The summed E-state index contributed by atoms with van der Waals surface area (Å²) in [4.78, 5) is 0. The van der Waals surface area contributed by atoms with E-state index < -0.39 is 0 Å². The normalized spacial score (nSPS) is 10.0. The van der Waals surface area contributed by atoms with Crippen LogP contribution in [0.25, 0.3) is 0 Å². The molecule has 0 rings (SSSR count). The van der Waals surface area contributed by atoms with Crippen LogP contribution in [0.1, 0.15) is 190 Å². The van der Waals surface area contributed by atoms with Gasteiger partial charge in [0.25, 0.3) is 0 Å². The minimum atomic E-state index is 0.310. The van der Waals surface area contributed by atoms with Gasteiger partial charge in [0.15, 0.2) is 0 Å². The SMILES string of the molecule is CC.CCCC.CCCCCCCCCCC.CCCCCCCCCCC(C#N)CC.CO. The first-order valence-corrected chi connectivity index (χ1v) is 15.5. The van der Waals surface area contributed by atoms with Crippen LogP contribution in [-0.4, -0.2) is 12.2 Å². The van der Waals surface area contributed by atoms with Gasteiger partial charge in [-0.1, -0.05) is 177 Å². The van der Waals surface area contributed by atoms with E-state index in [0.717, 1.165) is 20.0 Å². The molecule has 0 aromatic carbocycles. The zero-order valence-corrected chi connectivity index (χ0v) is 25.8. The van der Waals surface area contributed by atoms with Crippen LogP contribution < -0.4 is 0 Å². The van der Waals surface area contributed by atoms with Gasteiger partial charge in [0, 0.05) is 13.0 Å². The summed E-state index contributed by atoms with van der Waals surface area (Å²) >= 11 is 0. The van der Waals surface area contributed by atoms with Gasteiger partial charge < -0.3 is 5.11 Å². The van der Waals surface area contributed by atoms with Crippen molar-refractivity contribution in [3.05, 3.63) is 0 Å². The fraction of sp³-hybridized carbons (Fsp3) is 0.969. The zero-order valence-electron chi connectivity index (χ0n) is 25.8. The van der Waals surface area contributed by atoms with Gasteiger partial charge in [-0.05, 0) is 12.8 Å². The fourth-order valence-electron chi connectivity index (χ4n) is 3.27. The topological polar surface area (TPSA) is 44.0 Å². The van der Waals surface area contributed by atoms with Crippen molar-refractivity contribution in [2.24, 2.45) is 5.92 Å². The predicted molar refractivity (Wildman–Crippen MR) is 160 cm³/mol. The first-order chi connectivity index (χ1) is 16.7. The molecule has 0 radical (unpaired) electrons. The molecule has 1 unspecified atom stereocenters. The maximum Gasteiger partial charge on any atom is 0.0655 e. The summed E-state index contributed by atoms with van der Waals surface area (Å²) in [7, 11) is 1.00. The van der Waals surface area contributed by atoms with E-state index in [2.05, 4.69) is 47.6 Å². The summed E-state index contributed by atoms with van der Waals surface area (Å²) in [5.41, 5.74) is 0. The van der Waals surface area contributed by atoms with Crippen molar-refractivity contribution in [2.45, 2.75) is 190 Å². The van der Waals surface area contributed by atoms with Gasteiger partial charge in [-0.3, -0.25) is 0 Å². The number of hydrogen-bond acceptors (Lipinski definition) is 2. The number of hydrogen-bond donors (Lipinski definition) is 1. The van der Waals surface area contributed by atoms with E-state index >= 15 is 0 Å². The summed E-state index contributed by atoms with van der Waals surface area (Å²) < 4.78 is 0. The summed E-state index contributed by atoms with van der Waals surface area (Å²) in [5.74, 6) is 0.310. The summed E-state index contributed by atoms with van der Waals surface area (Å²) in [5, 5.41) is 15.8. The van der Waals surface area contributed by atoms with Crippen molar-refractivity contribution >= 4 is 0 Å². The van der Waals surface area contributed by atoms with Crippen molar-refractivity contribution in [2.75, 3.05) is 7.11 Å². The number of nitrogens with zero attached hydrogens (tertiary/aromatic N) is 1. The molecule has 0 spiro atoms. The molecule has 0 saturated carbocycles. The van der Waals surface area contributed by atoms with E-state index in [9.17, 15) is 0 Å². The van der Waals surface area contributed by atoms with Crippen molar-refractivity contribution in [3.8, 4) is 6.07 Å². The second-order valence-electron chi connectivity index (χ2n) is 8.97. The van der Waals surface area contributed by atoms with E-state index in [4.69, 9.17) is 10.4 Å². The van der Waals surface area contributed by atoms with Crippen LogP contribution >= 0.6 is 0 Å². The summed E-state index contributed by atoms with van der Waals surface area (Å²) in [6, 6.07) is 2.37. The highest BCUT2D eigenvalue weighted by molar-refractivity contribution is 4.80. The molecule has 0 amide bonds. The molecule has 0 aromatic rings. The maximum atomic E-state index is 8.78. The van der Waals surface area contributed by atoms with Crippen molar-refractivity contribution in [3.63, 3.8) is 0 Å². The molecular formula is C32H71NO. The minimum absolute atomic E-state index is 0.310. The van der Waals surface area contributed by atoms with Gasteiger partial charge in [-0.25, -0.2) is 0 Å². The molecule has 0 aliphatic rings. The molecule has 0 aromatic heterocycles. The van der Waals surface area contributed by atoms with Crippen molar-refractivity contribution in [1.82, 2.24) is 0 Å². The number of rotatable bonds is 19. The Hall–Kier alpha value is -0.550. The van der Waals surface area contributed by atoms with Gasteiger partial charge in [-0.2, -0.15) is 5.26 Å². The summed E-state index contributed by atoms with van der Waals surface area (Å²) in [6.07, 6.45) is 28.6. The molecule has 0 aliphatic heterocycles. The molecule has 1 N–H and O–H groups in total. The standard InChI is InChI=1S/C14H27N.C11H24.C4H10.C2H6.CH4O/c1-3-5-6-7-8-9-10-11-12-14(4-2)13-15;1-3-5-7-9-11-10-8-6-4-2;1-3-4-2;2*1-2/h14H,3-12H2,1-2H3;3-11H2,1-2H3;3-4H2,1-2H3;1-2H3;2H,1H3. The largest absolute Gasteiger partial charge is 0.400 e. The Bertz CT molecular complexity index is 288. The van der Waals surface area contributed by atoms with Crippen LogP contribution in [0, 0.1) is 17.2 Å². The zero-order chi connectivity index (χ0) is 27.1. The lowest BCUT2D eigenvalue weighted by Gasteiger charge is -2.05. The van der Waals surface area contributed by atoms with Crippen LogP contribution in [0.5, 0.6) is 0 Å². The van der Waals surface area contributed by atoms with Crippen LogP contribution in [-0.2, 0) is 0 Å². The average molecular weight is 486 g/mol. The number of aliphatic hydroxyl groups is 1. The second-order valence-corrected chi connectivity index (χ2v) is 8.97. The number of aliphatic hydroxyl groups excluding tert-OH is 1. The highest BCUT2D eigenvalue weighted by atomic mass is 16.2. The molecule has 2 heteroatoms. The molecule has 34 heavy (non-hydrogen) atoms.